The van der Waals surface area contributed by atoms with Crippen molar-refractivity contribution in [3.05, 3.63) is 22.8 Å². The fourth-order valence-electron chi connectivity index (χ4n) is 1.78. The smallest absolute Gasteiger partial charge is 0.341 e. The molecule has 18 heavy (non-hydrogen) atoms. The van der Waals surface area contributed by atoms with Gasteiger partial charge in [0.05, 0.1) is 18.0 Å². The molecule has 0 aliphatic carbocycles. The van der Waals surface area contributed by atoms with Crippen LogP contribution in [0.2, 0.25) is 0 Å². The predicted octanol–water partition coefficient (Wildman–Crippen LogP) is 0.410. The minimum atomic E-state index is -0.428. The van der Waals surface area contributed by atoms with Gasteiger partial charge in [0, 0.05) is 0 Å². The molecule has 0 aromatic carbocycles. The molecule has 0 bridgehead atoms. The summed E-state index contributed by atoms with van der Waals surface area (Å²) in [7, 11) is 0. The van der Waals surface area contributed by atoms with Gasteiger partial charge in [0.25, 0.3) is 5.78 Å². The molecule has 2 aromatic heterocycles. The summed E-state index contributed by atoms with van der Waals surface area (Å²) in [5.74, 6) is 0.205. The number of esters is 1. The number of ether oxygens (including phenoxy) is 1. The Bertz CT molecular complexity index is 606. The maximum Gasteiger partial charge on any atom is 0.341 e. The van der Waals surface area contributed by atoms with Gasteiger partial charge in [-0.05, 0) is 20.8 Å². The molecule has 0 atom stereocenters. The number of carbonyl (C=O) groups excluding carboxylic acids is 1. The van der Waals surface area contributed by atoms with Crippen molar-refractivity contribution in [2.75, 3.05) is 6.61 Å². The molecule has 0 amide bonds. The number of hydrogen-bond acceptors (Lipinski definition) is 6. The average Bonchev–Trinajstić information content (AvgIpc) is 2.72. The van der Waals surface area contributed by atoms with Crippen LogP contribution in [0.25, 0.3) is 5.78 Å². The standard InChI is InChI=1S/C11H14N4O3/c1-4-18-10(17)9-6(2)12-11-13-8(5-16)14-15(11)7(9)3/h16H,4-5H2,1-3H3. The summed E-state index contributed by atoms with van der Waals surface area (Å²) in [5, 5.41) is 13.1. The summed E-state index contributed by atoms with van der Waals surface area (Å²) in [4.78, 5) is 20.1. The van der Waals surface area contributed by atoms with E-state index < -0.39 is 5.97 Å². The van der Waals surface area contributed by atoms with Gasteiger partial charge in [-0.2, -0.15) is 4.98 Å². The quantitative estimate of drug-likeness (QED) is 0.793. The van der Waals surface area contributed by atoms with Gasteiger partial charge in [0.15, 0.2) is 5.82 Å². The van der Waals surface area contributed by atoms with Gasteiger partial charge in [-0.1, -0.05) is 0 Å². The SMILES string of the molecule is CCOC(=O)c1c(C)nc2nc(CO)nn2c1C. The van der Waals surface area contributed by atoms with E-state index in [2.05, 4.69) is 15.1 Å². The summed E-state index contributed by atoms with van der Waals surface area (Å²) in [6.07, 6.45) is 0. The van der Waals surface area contributed by atoms with Crippen molar-refractivity contribution >= 4 is 11.7 Å². The van der Waals surface area contributed by atoms with E-state index in [4.69, 9.17) is 9.84 Å². The van der Waals surface area contributed by atoms with Crippen molar-refractivity contribution in [2.24, 2.45) is 0 Å². The van der Waals surface area contributed by atoms with Crippen LogP contribution >= 0.6 is 0 Å². The number of carbonyl (C=O) groups is 1. The highest BCUT2D eigenvalue weighted by atomic mass is 16.5. The van der Waals surface area contributed by atoms with E-state index in [-0.39, 0.29) is 12.4 Å². The van der Waals surface area contributed by atoms with Crippen LogP contribution in [0.5, 0.6) is 0 Å². The fourth-order valence-corrected chi connectivity index (χ4v) is 1.78. The molecule has 7 heteroatoms. The zero-order valence-electron chi connectivity index (χ0n) is 10.5. The summed E-state index contributed by atoms with van der Waals surface area (Å²) in [6.45, 7) is 5.23. The third kappa shape index (κ3) is 1.92. The first kappa shape index (κ1) is 12.4. The van der Waals surface area contributed by atoms with Gasteiger partial charge in [-0.3, -0.25) is 0 Å². The first-order valence-corrected chi connectivity index (χ1v) is 5.59. The van der Waals surface area contributed by atoms with Crippen molar-refractivity contribution in [2.45, 2.75) is 27.4 Å². The monoisotopic (exact) mass is 250 g/mol. The molecule has 0 aliphatic heterocycles. The highest BCUT2D eigenvalue weighted by Gasteiger charge is 2.19. The Morgan fingerprint density at radius 2 is 2.11 bits per heavy atom. The molecular formula is C11H14N4O3. The van der Waals surface area contributed by atoms with E-state index in [1.807, 2.05) is 0 Å². The van der Waals surface area contributed by atoms with Crippen LogP contribution in [0.1, 0.15) is 34.5 Å². The zero-order chi connectivity index (χ0) is 13.3. The molecule has 2 aromatic rings. The fraction of sp³-hybridized carbons (Fsp3) is 0.455. The molecule has 0 unspecified atom stereocenters. The number of fused-ring (bicyclic) bond motifs is 1. The van der Waals surface area contributed by atoms with Crippen LogP contribution in [-0.4, -0.2) is 37.3 Å². The molecular weight excluding hydrogens is 236 g/mol. The molecule has 0 saturated heterocycles. The third-order valence-corrected chi connectivity index (χ3v) is 2.56. The average molecular weight is 250 g/mol. The maximum atomic E-state index is 11.8. The van der Waals surface area contributed by atoms with Crippen LogP contribution in [0.4, 0.5) is 0 Å². The Hall–Kier alpha value is -2.02. The number of nitrogens with zero attached hydrogens (tertiary/aromatic N) is 4. The van der Waals surface area contributed by atoms with E-state index >= 15 is 0 Å². The normalized spacial score (nSPS) is 10.9. The number of aliphatic hydroxyl groups excluding tert-OH is 1. The molecule has 0 saturated carbocycles. The van der Waals surface area contributed by atoms with Crippen molar-refractivity contribution in [1.29, 1.82) is 0 Å². The molecule has 0 radical (unpaired) electrons. The second-order valence-electron chi connectivity index (χ2n) is 3.78. The van der Waals surface area contributed by atoms with Gasteiger partial charge in [-0.15, -0.1) is 5.10 Å². The minimum Gasteiger partial charge on any atom is -0.462 e. The van der Waals surface area contributed by atoms with Gasteiger partial charge in [0.2, 0.25) is 0 Å². The van der Waals surface area contributed by atoms with E-state index in [0.717, 1.165) is 0 Å². The Labute approximate surface area is 103 Å². The molecule has 2 heterocycles. The number of aliphatic hydroxyl groups is 1. The lowest BCUT2D eigenvalue weighted by Gasteiger charge is -2.08. The highest BCUT2D eigenvalue weighted by Crippen LogP contribution is 2.14. The van der Waals surface area contributed by atoms with E-state index in [1.54, 1.807) is 20.8 Å². The Kier molecular flexibility index (Phi) is 3.24. The Morgan fingerprint density at radius 3 is 2.72 bits per heavy atom. The summed E-state index contributed by atoms with van der Waals surface area (Å²) in [5.41, 5.74) is 1.53. The summed E-state index contributed by atoms with van der Waals surface area (Å²) < 4.78 is 6.42. The van der Waals surface area contributed by atoms with Gasteiger partial charge in [0.1, 0.15) is 12.2 Å². The summed E-state index contributed by atoms with van der Waals surface area (Å²) in [6, 6.07) is 0. The van der Waals surface area contributed by atoms with Crippen molar-refractivity contribution in [3.8, 4) is 0 Å². The number of aromatic nitrogens is 4. The van der Waals surface area contributed by atoms with Gasteiger partial charge >= 0.3 is 5.97 Å². The molecule has 0 spiro atoms. The lowest BCUT2D eigenvalue weighted by Crippen LogP contribution is -2.14. The second-order valence-corrected chi connectivity index (χ2v) is 3.78. The lowest BCUT2D eigenvalue weighted by atomic mass is 10.2. The van der Waals surface area contributed by atoms with Crippen LogP contribution in [0, 0.1) is 13.8 Å². The topological polar surface area (TPSA) is 89.6 Å². The molecule has 7 nitrogen and oxygen atoms in total. The first-order valence-electron chi connectivity index (χ1n) is 5.59. The molecule has 0 aliphatic rings. The third-order valence-electron chi connectivity index (χ3n) is 2.56. The molecule has 1 N–H and O–H groups in total. The van der Waals surface area contributed by atoms with Crippen LogP contribution in [-0.2, 0) is 11.3 Å². The molecule has 2 rings (SSSR count). The van der Waals surface area contributed by atoms with Crippen LogP contribution in [0.15, 0.2) is 0 Å². The summed E-state index contributed by atoms with van der Waals surface area (Å²) >= 11 is 0. The Balaban J connectivity index is 2.63. The van der Waals surface area contributed by atoms with Crippen LogP contribution < -0.4 is 0 Å². The zero-order valence-corrected chi connectivity index (χ0v) is 10.5. The number of aryl methyl sites for hydroxylation is 2. The minimum absolute atomic E-state index is 0.267. The first-order chi connectivity index (χ1) is 8.58. The van der Waals surface area contributed by atoms with E-state index in [1.165, 1.54) is 4.52 Å². The number of rotatable bonds is 3. The maximum absolute atomic E-state index is 11.8. The van der Waals surface area contributed by atoms with Gasteiger partial charge in [-0.25, -0.2) is 14.3 Å². The second kappa shape index (κ2) is 4.69. The lowest BCUT2D eigenvalue weighted by molar-refractivity contribution is 0.0523. The van der Waals surface area contributed by atoms with Crippen LogP contribution in [0.3, 0.4) is 0 Å². The van der Waals surface area contributed by atoms with Crippen molar-refractivity contribution in [3.63, 3.8) is 0 Å². The van der Waals surface area contributed by atoms with E-state index in [9.17, 15) is 4.79 Å². The Morgan fingerprint density at radius 1 is 1.39 bits per heavy atom. The van der Waals surface area contributed by atoms with Crippen molar-refractivity contribution < 1.29 is 14.6 Å². The van der Waals surface area contributed by atoms with Gasteiger partial charge < -0.3 is 9.84 Å². The number of hydrogen-bond donors (Lipinski definition) is 1. The highest BCUT2D eigenvalue weighted by molar-refractivity contribution is 5.91. The molecule has 0 fully saturated rings. The largest absolute Gasteiger partial charge is 0.462 e. The van der Waals surface area contributed by atoms with E-state index in [0.29, 0.717) is 29.3 Å². The predicted molar refractivity (Wildman–Crippen MR) is 62.1 cm³/mol. The van der Waals surface area contributed by atoms with Crippen molar-refractivity contribution in [1.82, 2.24) is 19.6 Å². The molecule has 96 valence electrons.